The highest BCUT2D eigenvalue weighted by Crippen LogP contribution is 1.95. The second-order valence-corrected chi connectivity index (χ2v) is 6.44. The molecular formula is C9H21N3O2S. The lowest BCUT2D eigenvalue weighted by Crippen LogP contribution is -2.51. The Morgan fingerprint density at radius 1 is 1.20 bits per heavy atom. The number of hydrogen-bond donors (Lipinski definition) is 1. The Bertz CT molecular complexity index is 271. The molecule has 0 radical (unpaired) electrons. The van der Waals surface area contributed by atoms with Crippen LogP contribution in [0, 0.1) is 0 Å². The number of nitrogens with one attached hydrogen (secondary N) is 1. The zero-order valence-corrected chi connectivity index (χ0v) is 10.4. The van der Waals surface area contributed by atoms with Gasteiger partial charge in [0, 0.05) is 39.0 Å². The predicted molar refractivity (Wildman–Crippen MR) is 61.4 cm³/mol. The summed E-state index contributed by atoms with van der Waals surface area (Å²) in [6.07, 6.45) is 1.97. The summed E-state index contributed by atoms with van der Waals surface area (Å²) in [5.74, 6) is 0.272. The molecule has 6 heteroatoms. The van der Waals surface area contributed by atoms with E-state index in [0.29, 0.717) is 6.42 Å². The van der Waals surface area contributed by atoms with E-state index >= 15 is 0 Å². The first-order valence-corrected chi connectivity index (χ1v) is 7.38. The quantitative estimate of drug-likeness (QED) is 0.631. The molecule has 1 saturated heterocycles. The normalized spacial score (nSPS) is 20.7. The zero-order valence-electron chi connectivity index (χ0n) is 9.57. The largest absolute Gasteiger partial charge is 0.304 e. The smallest absolute Gasteiger partial charge is 0.147 e. The van der Waals surface area contributed by atoms with Gasteiger partial charge in [0.2, 0.25) is 0 Å². The minimum Gasteiger partial charge on any atom is -0.304 e. The van der Waals surface area contributed by atoms with Crippen molar-refractivity contribution in [3.8, 4) is 0 Å². The molecule has 90 valence electrons. The van der Waals surface area contributed by atoms with Gasteiger partial charge in [0.05, 0.1) is 5.75 Å². The van der Waals surface area contributed by atoms with Crippen LogP contribution in [-0.2, 0) is 9.84 Å². The minimum atomic E-state index is -2.80. The van der Waals surface area contributed by atoms with Gasteiger partial charge in [-0.1, -0.05) is 0 Å². The number of hydrazine groups is 1. The summed E-state index contributed by atoms with van der Waals surface area (Å²) in [7, 11) is -0.691. The highest BCUT2D eigenvalue weighted by Gasteiger charge is 2.12. The molecule has 0 unspecified atom stereocenters. The topological polar surface area (TPSA) is 52.6 Å². The van der Waals surface area contributed by atoms with Crippen molar-refractivity contribution in [1.82, 2.24) is 15.3 Å². The second-order valence-electron chi connectivity index (χ2n) is 4.18. The molecule has 0 amide bonds. The highest BCUT2D eigenvalue weighted by molar-refractivity contribution is 7.90. The van der Waals surface area contributed by atoms with Crippen molar-refractivity contribution in [2.24, 2.45) is 0 Å². The van der Waals surface area contributed by atoms with Gasteiger partial charge in [-0.3, -0.25) is 5.43 Å². The molecule has 0 spiro atoms. The summed E-state index contributed by atoms with van der Waals surface area (Å²) in [4.78, 5) is 2.29. The Labute approximate surface area is 92.3 Å². The molecule has 1 aliphatic heterocycles. The van der Waals surface area contributed by atoms with Gasteiger partial charge in [-0.2, -0.15) is 0 Å². The highest BCUT2D eigenvalue weighted by atomic mass is 32.2. The van der Waals surface area contributed by atoms with E-state index in [2.05, 4.69) is 22.4 Å². The minimum absolute atomic E-state index is 0.272. The monoisotopic (exact) mass is 235 g/mol. The average molecular weight is 235 g/mol. The number of hydrogen-bond acceptors (Lipinski definition) is 5. The van der Waals surface area contributed by atoms with Crippen LogP contribution >= 0.6 is 0 Å². The number of rotatable bonds is 5. The maximum absolute atomic E-state index is 10.9. The van der Waals surface area contributed by atoms with Gasteiger partial charge in [-0.25, -0.2) is 13.4 Å². The van der Waals surface area contributed by atoms with Crippen LogP contribution < -0.4 is 5.43 Å². The summed E-state index contributed by atoms with van der Waals surface area (Å²) in [5.41, 5.74) is 3.26. The fourth-order valence-electron chi connectivity index (χ4n) is 1.54. The fourth-order valence-corrected chi connectivity index (χ4v) is 2.20. The molecule has 15 heavy (non-hydrogen) atoms. The van der Waals surface area contributed by atoms with Gasteiger partial charge in [-0.15, -0.1) is 0 Å². The van der Waals surface area contributed by atoms with Crippen molar-refractivity contribution in [2.75, 3.05) is 51.8 Å². The molecule has 1 fully saturated rings. The molecule has 1 rings (SSSR count). The summed E-state index contributed by atoms with van der Waals surface area (Å²) in [5, 5.41) is 2.17. The molecule has 0 atom stereocenters. The molecule has 5 nitrogen and oxygen atoms in total. The van der Waals surface area contributed by atoms with E-state index in [1.165, 1.54) is 6.26 Å². The molecular weight excluding hydrogens is 214 g/mol. The van der Waals surface area contributed by atoms with Crippen LogP contribution in [0.25, 0.3) is 0 Å². The summed E-state index contributed by atoms with van der Waals surface area (Å²) in [6, 6.07) is 0. The van der Waals surface area contributed by atoms with Crippen LogP contribution in [0.3, 0.4) is 0 Å². The molecule has 0 bridgehead atoms. The van der Waals surface area contributed by atoms with E-state index in [1.807, 2.05) is 0 Å². The third-order valence-electron chi connectivity index (χ3n) is 2.53. The van der Waals surface area contributed by atoms with Gasteiger partial charge < -0.3 is 4.90 Å². The Kier molecular flexibility index (Phi) is 4.98. The van der Waals surface area contributed by atoms with E-state index < -0.39 is 9.84 Å². The van der Waals surface area contributed by atoms with Crippen molar-refractivity contribution in [3.63, 3.8) is 0 Å². The number of likely N-dealkylation sites (N-methyl/N-ethyl adjacent to an activating group) is 1. The summed E-state index contributed by atoms with van der Waals surface area (Å²) < 4.78 is 21.8. The van der Waals surface area contributed by atoms with E-state index in [4.69, 9.17) is 0 Å². The van der Waals surface area contributed by atoms with Gasteiger partial charge in [0.15, 0.2) is 0 Å². The van der Waals surface area contributed by atoms with Crippen molar-refractivity contribution >= 4 is 9.84 Å². The predicted octanol–water partition coefficient (Wildman–Crippen LogP) is -0.827. The molecule has 0 aromatic heterocycles. The maximum Gasteiger partial charge on any atom is 0.147 e. The lowest BCUT2D eigenvalue weighted by atomic mass is 10.4. The number of piperazine rings is 1. The molecule has 1 aliphatic rings. The Morgan fingerprint density at radius 2 is 1.80 bits per heavy atom. The van der Waals surface area contributed by atoms with Crippen LogP contribution in [0.15, 0.2) is 0 Å². The van der Waals surface area contributed by atoms with Crippen LogP contribution in [-0.4, -0.2) is 70.1 Å². The lowest BCUT2D eigenvalue weighted by Gasteiger charge is -2.32. The second kappa shape index (κ2) is 5.79. The van der Waals surface area contributed by atoms with Crippen LogP contribution in [0.2, 0.25) is 0 Å². The molecule has 0 aromatic carbocycles. The zero-order chi connectivity index (χ0) is 11.3. The van der Waals surface area contributed by atoms with E-state index in [-0.39, 0.29) is 5.75 Å². The number of nitrogens with zero attached hydrogens (tertiary/aromatic N) is 2. The number of sulfone groups is 1. The molecule has 0 aliphatic carbocycles. The van der Waals surface area contributed by atoms with Crippen LogP contribution in [0.4, 0.5) is 0 Å². The van der Waals surface area contributed by atoms with Crippen molar-refractivity contribution in [3.05, 3.63) is 0 Å². The van der Waals surface area contributed by atoms with Crippen LogP contribution in [0.5, 0.6) is 0 Å². The van der Waals surface area contributed by atoms with Crippen molar-refractivity contribution in [2.45, 2.75) is 6.42 Å². The summed E-state index contributed by atoms with van der Waals surface area (Å²) in [6.45, 7) is 4.90. The molecule has 1 heterocycles. The molecule has 0 saturated carbocycles. The SMILES string of the molecule is CN1CCN(NCCCS(C)(=O)=O)CC1. The Balaban J connectivity index is 2.06. The Morgan fingerprint density at radius 3 is 2.33 bits per heavy atom. The fraction of sp³-hybridized carbons (Fsp3) is 1.00. The first-order chi connectivity index (χ1) is 6.97. The summed E-state index contributed by atoms with van der Waals surface area (Å²) >= 11 is 0. The van der Waals surface area contributed by atoms with Gasteiger partial charge in [0.1, 0.15) is 9.84 Å². The lowest BCUT2D eigenvalue weighted by molar-refractivity contribution is 0.105. The van der Waals surface area contributed by atoms with Crippen molar-refractivity contribution in [1.29, 1.82) is 0 Å². The van der Waals surface area contributed by atoms with E-state index in [9.17, 15) is 8.42 Å². The van der Waals surface area contributed by atoms with E-state index in [1.54, 1.807) is 0 Å². The van der Waals surface area contributed by atoms with E-state index in [0.717, 1.165) is 32.7 Å². The third-order valence-corrected chi connectivity index (χ3v) is 3.56. The van der Waals surface area contributed by atoms with Gasteiger partial charge in [0.25, 0.3) is 0 Å². The average Bonchev–Trinajstić information content (AvgIpc) is 2.14. The third kappa shape index (κ3) is 6.09. The maximum atomic E-state index is 10.9. The first-order valence-electron chi connectivity index (χ1n) is 5.32. The van der Waals surface area contributed by atoms with Gasteiger partial charge in [-0.05, 0) is 13.5 Å². The van der Waals surface area contributed by atoms with Crippen molar-refractivity contribution < 1.29 is 8.42 Å². The van der Waals surface area contributed by atoms with Gasteiger partial charge >= 0.3 is 0 Å². The Hall–Kier alpha value is -0.170. The molecule has 0 aromatic rings. The van der Waals surface area contributed by atoms with Crippen LogP contribution in [0.1, 0.15) is 6.42 Å². The standard InChI is InChI=1S/C9H21N3O2S/c1-11-5-7-12(8-6-11)10-4-3-9-15(2,13)14/h10H,3-9H2,1-2H3. The molecule has 1 N–H and O–H groups in total. The first kappa shape index (κ1) is 12.9.